The molecule has 0 atom stereocenters. The number of benzene rings is 1. The van der Waals surface area contributed by atoms with Gasteiger partial charge in [-0.1, -0.05) is 29.8 Å². The first-order chi connectivity index (χ1) is 14.1. The van der Waals surface area contributed by atoms with E-state index in [9.17, 15) is 9.59 Å². The fourth-order valence-corrected chi connectivity index (χ4v) is 4.61. The van der Waals surface area contributed by atoms with E-state index in [1.807, 2.05) is 9.80 Å². The summed E-state index contributed by atoms with van der Waals surface area (Å²) in [6, 6.07) is 8.90. The molecular formula is C24H35N3O2. The van der Waals surface area contributed by atoms with Crippen molar-refractivity contribution in [1.29, 1.82) is 0 Å². The molecule has 2 heterocycles. The standard InChI is InChI=1S/C24H35N3O2/c1-19-2-4-20(5-3-19)6-7-21-10-12-25(13-11-21)18-23(28)26-14-16-27(17-15-26)24(29)22-8-9-22/h2-5,21-22H,6-18H2,1H3. The van der Waals surface area contributed by atoms with Crippen LogP contribution >= 0.6 is 0 Å². The second-order valence-corrected chi connectivity index (χ2v) is 9.22. The normalized spacial score (nSPS) is 21.4. The van der Waals surface area contributed by atoms with Gasteiger partial charge in [0, 0.05) is 32.1 Å². The van der Waals surface area contributed by atoms with E-state index < -0.39 is 0 Å². The van der Waals surface area contributed by atoms with Gasteiger partial charge in [-0.05, 0) is 70.0 Å². The van der Waals surface area contributed by atoms with Crippen LogP contribution in [0.5, 0.6) is 0 Å². The highest BCUT2D eigenvalue weighted by molar-refractivity contribution is 5.82. The molecule has 0 bridgehead atoms. The van der Waals surface area contributed by atoms with Crippen LogP contribution in [0.2, 0.25) is 0 Å². The number of hydrogen-bond donors (Lipinski definition) is 0. The fraction of sp³-hybridized carbons (Fsp3) is 0.667. The molecule has 0 radical (unpaired) electrons. The van der Waals surface area contributed by atoms with Crippen LogP contribution < -0.4 is 0 Å². The van der Waals surface area contributed by atoms with Gasteiger partial charge in [-0.3, -0.25) is 14.5 Å². The van der Waals surface area contributed by atoms with Crippen LogP contribution in [0.25, 0.3) is 0 Å². The van der Waals surface area contributed by atoms with E-state index in [1.165, 1.54) is 30.4 Å². The van der Waals surface area contributed by atoms with Crippen molar-refractivity contribution in [1.82, 2.24) is 14.7 Å². The molecule has 0 N–H and O–H groups in total. The summed E-state index contributed by atoms with van der Waals surface area (Å²) < 4.78 is 0. The Morgan fingerprint density at radius 2 is 1.48 bits per heavy atom. The summed E-state index contributed by atoms with van der Waals surface area (Å²) in [5, 5.41) is 0. The van der Waals surface area contributed by atoms with Crippen LogP contribution in [-0.2, 0) is 16.0 Å². The largest absolute Gasteiger partial charge is 0.339 e. The van der Waals surface area contributed by atoms with Crippen molar-refractivity contribution in [3.05, 3.63) is 35.4 Å². The summed E-state index contributed by atoms with van der Waals surface area (Å²) in [5.74, 6) is 1.61. The minimum Gasteiger partial charge on any atom is -0.339 e. The number of nitrogens with zero attached hydrogens (tertiary/aromatic N) is 3. The van der Waals surface area contributed by atoms with Gasteiger partial charge in [0.2, 0.25) is 11.8 Å². The predicted octanol–water partition coefficient (Wildman–Crippen LogP) is 2.72. The maximum Gasteiger partial charge on any atom is 0.236 e. The van der Waals surface area contributed by atoms with Gasteiger partial charge < -0.3 is 9.80 Å². The second kappa shape index (κ2) is 9.29. The minimum absolute atomic E-state index is 0.238. The van der Waals surface area contributed by atoms with Crippen molar-refractivity contribution in [2.75, 3.05) is 45.8 Å². The summed E-state index contributed by atoms with van der Waals surface area (Å²) >= 11 is 0. The van der Waals surface area contributed by atoms with E-state index in [2.05, 4.69) is 36.1 Å². The molecule has 0 aromatic heterocycles. The summed E-state index contributed by atoms with van der Waals surface area (Å²) in [5.41, 5.74) is 2.76. The zero-order valence-electron chi connectivity index (χ0n) is 17.8. The van der Waals surface area contributed by atoms with Crippen molar-refractivity contribution in [2.24, 2.45) is 11.8 Å². The van der Waals surface area contributed by atoms with Gasteiger partial charge in [-0.25, -0.2) is 0 Å². The Labute approximate surface area is 175 Å². The van der Waals surface area contributed by atoms with Crippen molar-refractivity contribution in [3.63, 3.8) is 0 Å². The molecule has 1 aromatic rings. The van der Waals surface area contributed by atoms with Crippen LogP contribution in [-0.4, -0.2) is 72.3 Å². The van der Waals surface area contributed by atoms with Crippen molar-refractivity contribution < 1.29 is 9.59 Å². The molecule has 29 heavy (non-hydrogen) atoms. The number of carbonyl (C=O) groups is 2. The minimum atomic E-state index is 0.238. The van der Waals surface area contributed by atoms with E-state index in [0.717, 1.165) is 38.3 Å². The molecule has 3 aliphatic rings. The topological polar surface area (TPSA) is 43.9 Å². The Kier molecular flexibility index (Phi) is 6.53. The van der Waals surface area contributed by atoms with Crippen molar-refractivity contribution >= 4 is 11.8 Å². The SMILES string of the molecule is Cc1ccc(CCC2CCN(CC(=O)N3CCN(C(=O)C4CC4)CC3)CC2)cc1. The van der Waals surface area contributed by atoms with E-state index in [0.29, 0.717) is 38.6 Å². The lowest BCUT2D eigenvalue weighted by Gasteiger charge is -2.37. The molecule has 1 aromatic carbocycles. The Morgan fingerprint density at radius 1 is 0.862 bits per heavy atom. The highest BCUT2D eigenvalue weighted by Crippen LogP contribution is 2.31. The Bertz CT molecular complexity index is 697. The molecule has 0 spiro atoms. The molecular weight excluding hydrogens is 362 g/mol. The number of amides is 2. The maximum absolute atomic E-state index is 12.7. The summed E-state index contributed by atoms with van der Waals surface area (Å²) in [6.07, 6.45) is 6.92. The number of carbonyl (C=O) groups excluding carboxylic acids is 2. The number of piperazine rings is 1. The van der Waals surface area contributed by atoms with Gasteiger partial charge in [0.05, 0.1) is 6.54 Å². The zero-order valence-corrected chi connectivity index (χ0v) is 17.8. The second-order valence-electron chi connectivity index (χ2n) is 9.22. The van der Waals surface area contributed by atoms with E-state index in [1.54, 1.807) is 0 Å². The van der Waals surface area contributed by atoms with E-state index >= 15 is 0 Å². The first-order valence-corrected chi connectivity index (χ1v) is 11.4. The number of rotatable bonds is 6. The highest BCUT2D eigenvalue weighted by Gasteiger charge is 2.35. The number of aryl methyl sites for hydroxylation is 2. The molecule has 158 valence electrons. The summed E-state index contributed by atoms with van der Waals surface area (Å²) in [4.78, 5) is 31.1. The third kappa shape index (κ3) is 5.59. The molecule has 2 amide bonds. The Morgan fingerprint density at radius 3 is 2.10 bits per heavy atom. The van der Waals surface area contributed by atoms with Gasteiger partial charge in [0.25, 0.3) is 0 Å². The lowest BCUT2D eigenvalue weighted by atomic mass is 9.90. The van der Waals surface area contributed by atoms with Crippen LogP contribution in [0.3, 0.4) is 0 Å². The molecule has 2 aliphatic heterocycles. The number of likely N-dealkylation sites (tertiary alicyclic amines) is 1. The lowest BCUT2D eigenvalue weighted by Crippen LogP contribution is -2.53. The lowest BCUT2D eigenvalue weighted by molar-refractivity contribution is -0.141. The van der Waals surface area contributed by atoms with Gasteiger partial charge >= 0.3 is 0 Å². The summed E-state index contributed by atoms with van der Waals surface area (Å²) in [6.45, 7) is 7.56. The molecule has 1 saturated carbocycles. The smallest absolute Gasteiger partial charge is 0.236 e. The van der Waals surface area contributed by atoms with Crippen LogP contribution in [0, 0.1) is 18.8 Å². The highest BCUT2D eigenvalue weighted by atomic mass is 16.2. The summed E-state index contributed by atoms with van der Waals surface area (Å²) in [7, 11) is 0. The first kappa shape index (κ1) is 20.4. The van der Waals surface area contributed by atoms with Gasteiger partial charge in [0.15, 0.2) is 0 Å². The number of piperidine rings is 1. The number of hydrogen-bond acceptors (Lipinski definition) is 3. The van der Waals surface area contributed by atoms with Gasteiger partial charge in [-0.15, -0.1) is 0 Å². The predicted molar refractivity (Wildman–Crippen MR) is 115 cm³/mol. The molecule has 4 rings (SSSR count). The third-order valence-electron chi connectivity index (χ3n) is 6.90. The van der Waals surface area contributed by atoms with Crippen LogP contribution in [0.1, 0.15) is 43.2 Å². The van der Waals surface area contributed by atoms with Crippen molar-refractivity contribution in [2.45, 2.75) is 45.4 Å². The molecule has 2 saturated heterocycles. The zero-order chi connectivity index (χ0) is 20.2. The quantitative estimate of drug-likeness (QED) is 0.741. The Balaban J connectivity index is 1.13. The van der Waals surface area contributed by atoms with Crippen molar-refractivity contribution in [3.8, 4) is 0 Å². The Hall–Kier alpha value is -1.88. The van der Waals surface area contributed by atoms with Gasteiger partial charge in [-0.2, -0.15) is 0 Å². The molecule has 1 aliphatic carbocycles. The van der Waals surface area contributed by atoms with Crippen LogP contribution in [0.15, 0.2) is 24.3 Å². The molecule has 0 unspecified atom stereocenters. The molecule has 5 nitrogen and oxygen atoms in total. The molecule has 3 fully saturated rings. The maximum atomic E-state index is 12.7. The molecule has 5 heteroatoms. The third-order valence-corrected chi connectivity index (χ3v) is 6.90. The van der Waals surface area contributed by atoms with Gasteiger partial charge in [0.1, 0.15) is 0 Å². The fourth-order valence-electron chi connectivity index (χ4n) is 4.61. The van der Waals surface area contributed by atoms with Crippen LogP contribution in [0.4, 0.5) is 0 Å². The first-order valence-electron chi connectivity index (χ1n) is 11.4. The average molecular weight is 398 g/mol. The monoisotopic (exact) mass is 397 g/mol. The average Bonchev–Trinajstić information content (AvgIpc) is 3.59. The van der Waals surface area contributed by atoms with E-state index in [4.69, 9.17) is 0 Å². The van der Waals surface area contributed by atoms with E-state index in [-0.39, 0.29) is 11.8 Å².